The van der Waals surface area contributed by atoms with E-state index >= 15 is 0 Å². The second-order valence-corrected chi connectivity index (χ2v) is 5.86. The molecule has 101 valence electrons. The van der Waals surface area contributed by atoms with Crippen molar-refractivity contribution in [2.75, 3.05) is 0 Å². The number of rotatable bonds is 1. The molecule has 0 spiro atoms. The summed E-state index contributed by atoms with van der Waals surface area (Å²) < 4.78 is 0. The second kappa shape index (κ2) is 4.63. The Kier molecular flexibility index (Phi) is 3.05. The van der Waals surface area contributed by atoms with E-state index in [1.807, 2.05) is 0 Å². The Balaban J connectivity index is 2.32. The van der Waals surface area contributed by atoms with Crippen LogP contribution in [-0.2, 0) is 0 Å². The third-order valence-electron chi connectivity index (χ3n) is 4.80. The Morgan fingerprint density at radius 2 is 1.25 bits per heavy atom. The lowest BCUT2D eigenvalue weighted by molar-refractivity contribution is 1.18. The number of allylic oxidation sites excluding steroid dienone is 1. The molecule has 0 aliphatic heterocycles. The quantitative estimate of drug-likeness (QED) is 0.652. The molecule has 3 rings (SSSR count). The molecule has 0 unspecified atom stereocenters. The van der Waals surface area contributed by atoms with Crippen molar-refractivity contribution < 1.29 is 0 Å². The van der Waals surface area contributed by atoms with Gasteiger partial charge in [0.25, 0.3) is 0 Å². The highest BCUT2D eigenvalue weighted by Crippen LogP contribution is 2.43. The van der Waals surface area contributed by atoms with Crippen molar-refractivity contribution in [3.63, 3.8) is 0 Å². The highest BCUT2D eigenvalue weighted by Gasteiger charge is 2.26. The van der Waals surface area contributed by atoms with E-state index in [9.17, 15) is 0 Å². The fourth-order valence-corrected chi connectivity index (χ4v) is 3.31. The molecular formula is C20H21. The average molecular weight is 261 g/mol. The first-order valence-electron chi connectivity index (χ1n) is 7.24. The van der Waals surface area contributed by atoms with Gasteiger partial charge in [0.05, 0.1) is 0 Å². The van der Waals surface area contributed by atoms with Crippen LogP contribution in [0, 0.1) is 34.1 Å². The van der Waals surface area contributed by atoms with Crippen molar-refractivity contribution in [3.8, 4) is 0 Å². The summed E-state index contributed by atoms with van der Waals surface area (Å²) >= 11 is 0. The maximum Gasteiger partial charge on any atom is 0.0170 e. The van der Waals surface area contributed by atoms with Crippen LogP contribution in [-0.4, -0.2) is 0 Å². The highest BCUT2D eigenvalue weighted by atomic mass is 14.3. The maximum absolute atomic E-state index is 2.35. The molecule has 0 N–H and O–H groups in total. The molecule has 0 fully saturated rings. The number of benzene rings is 2. The molecule has 0 amide bonds. The third-order valence-corrected chi connectivity index (χ3v) is 4.80. The van der Waals surface area contributed by atoms with Gasteiger partial charge in [-0.1, -0.05) is 35.9 Å². The van der Waals surface area contributed by atoms with Crippen LogP contribution in [0.3, 0.4) is 0 Å². The van der Waals surface area contributed by atoms with Gasteiger partial charge in [0.2, 0.25) is 0 Å². The zero-order valence-corrected chi connectivity index (χ0v) is 13.0. The molecule has 1 radical (unpaired) electrons. The molecule has 2 aromatic carbocycles. The SMILES string of the molecule is CC1=C(c2ccccc2)c2c(C)c(C)c(C)c(C)c2[CH]1. The van der Waals surface area contributed by atoms with Gasteiger partial charge in [0.15, 0.2) is 0 Å². The lowest BCUT2D eigenvalue weighted by Gasteiger charge is -2.18. The van der Waals surface area contributed by atoms with Crippen LogP contribution in [0.5, 0.6) is 0 Å². The minimum atomic E-state index is 1.32. The molecule has 0 bridgehead atoms. The molecule has 1 aliphatic carbocycles. The van der Waals surface area contributed by atoms with Crippen molar-refractivity contribution in [3.05, 3.63) is 81.3 Å². The summed E-state index contributed by atoms with van der Waals surface area (Å²) in [6.45, 7) is 11.2. The first kappa shape index (κ1) is 13.2. The molecule has 0 saturated heterocycles. The Bertz CT molecular complexity index is 716. The topological polar surface area (TPSA) is 0 Å². The molecule has 20 heavy (non-hydrogen) atoms. The molecule has 0 nitrogen and oxygen atoms in total. The summed E-state index contributed by atoms with van der Waals surface area (Å²) in [5, 5.41) is 0. The summed E-state index contributed by atoms with van der Waals surface area (Å²) in [7, 11) is 0. The second-order valence-electron chi connectivity index (χ2n) is 5.86. The summed E-state index contributed by atoms with van der Waals surface area (Å²) in [4.78, 5) is 0. The van der Waals surface area contributed by atoms with Crippen molar-refractivity contribution >= 4 is 5.57 Å². The van der Waals surface area contributed by atoms with Gasteiger partial charge in [-0.2, -0.15) is 0 Å². The Labute approximate surface area is 122 Å². The molecule has 1 aliphatic rings. The van der Waals surface area contributed by atoms with Crippen LogP contribution in [0.4, 0.5) is 0 Å². The van der Waals surface area contributed by atoms with Crippen LogP contribution in [0.2, 0.25) is 0 Å². The van der Waals surface area contributed by atoms with E-state index in [-0.39, 0.29) is 0 Å². The van der Waals surface area contributed by atoms with Crippen molar-refractivity contribution in [2.45, 2.75) is 34.6 Å². The monoisotopic (exact) mass is 261 g/mol. The summed E-state index contributed by atoms with van der Waals surface area (Å²) in [6, 6.07) is 10.8. The average Bonchev–Trinajstić information content (AvgIpc) is 2.81. The smallest absolute Gasteiger partial charge is 0.0170 e. The normalized spacial score (nSPS) is 13.8. The molecular weight excluding hydrogens is 240 g/mol. The molecule has 0 aromatic heterocycles. The van der Waals surface area contributed by atoms with Crippen LogP contribution < -0.4 is 0 Å². The van der Waals surface area contributed by atoms with E-state index in [0.717, 1.165) is 0 Å². The largest absolute Gasteiger partial charge is 0.0622 e. The molecule has 0 atom stereocenters. The summed E-state index contributed by atoms with van der Waals surface area (Å²) in [5.74, 6) is 0. The lowest BCUT2D eigenvalue weighted by Crippen LogP contribution is -2.01. The zero-order chi connectivity index (χ0) is 14.4. The van der Waals surface area contributed by atoms with Gasteiger partial charge in [0, 0.05) is 6.42 Å². The minimum Gasteiger partial charge on any atom is -0.0622 e. The Morgan fingerprint density at radius 3 is 1.90 bits per heavy atom. The minimum absolute atomic E-state index is 1.32. The van der Waals surface area contributed by atoms with Crippen LogP contribution >= 0.6 is 0 Å². The Morgan fingerprint density at radius 1 is 0.650 bits per heavy atom. The highest BCUT2D eigenvalue weighted by molar-refractivity contribution is 5.92. The van der Waals surface area contributed by atoms with E-state index in [2.05, 4.69) is 71.4 Å². The van der Waals surface area contributed by atoms with E-state index in [4.69, 9.17) is 0 Å². The fourth-order valence-electron chi connectivity index (χ4n) is 3.31. The van der Waals surface area contributed by atoms with Gasteiger partial charge >= 0.3 is 0 Å². The lowest BCUT2D eigenvalue weighted by atomic mass is 9.86. The van der Waals surface area contributed by atoms with Crippen molar-refractivity contribution in [2.24, 2.45) is 0 Å². The molecule has 0 heteroatoms. The molecule has 2 aromatic rings. The van der Waals surface area contributed by atoms with E-state index in [1.165, 1.54) is 50.1 Å². The Hall–Kier alpha value is -1.82. The van der Waals surface area contributed by atoms with Crippen LogP contribution in [0.25, 0.3) is 5.57 Å². The van der Waals surface area contributed by atoms with Gasteiger partial charge in [-0.3, -0.25) is 0 Å². The first-order valence-corrected chi connectivity index (χ1v) is 7.24. The maximum atomic E-state index is 2.35. The van der Waals surface area contributed by atoms with E-state index < -0.39 is 0 Å². The number of fused-ring (bicyclic) bond motifs is 1. The van der Waals surface area contributed by atoms with Gasteiger partial charge < -0.3 is 0 Å². The number of hydrogen-bond acceptors (Lipinski definition) is 0. The van der Waals surface area contributed by atoms with E-state index in [0.29, 0.717) is 0 Å². The van der Waals surface area contributed by atoms with Gasteiger partial charge in [-0.15, -0.1) is 0 Å². The summed E-state index contributed by atoms with van der Waals surface area (Å²) in [6.07, 6.45) is 2.35. The summed E-state index contributed by atoms with van der Waals surface area (Å²) in [5.41, 5.74) is 12.7. The fraction of sp³-hybridized carbons (Fsp3) is 0.250. The predicted molar refractivity (Wildman–Crippen MR) is 86.9 cm³/mol. The number of hydrogen-bond donors (Lipinski definition) is 0. The zero-order valence-electron chi connectivity index (χ0n) is 13.0. The van der Waals surface area contributed by atoms with E-state index in [1.54, 1.807) is 0 Å². The predicted octanol–water partition coefficient (Wildman–Crippen LogP) is 5.31. The van der Waals surface area contributed by atoms with Gasteiger partial charge in [-0.05, 0) is 79.1 Å². The van der Waals surface area contributed by atoms with Crippen molar-refractivity contribution in [1.82, 2.24) is 0 Å². The third kappa shape index (κ3) is 1.75. The van der Waals surface area contributed by atoms with Crippen LogP contribution in [0.1, 0.15) is 45.9 Å². The molecule has 0 heterocycles. The first-order chi connectivity index (χ1) is 9.52. The standard InChI is InChI=1S/C20H21/c1-12-11-18-15(4)13(2)14(3)16(5)20(18)19(12)17-9-7-6-8-10-17/h6-11H,1-5H3. The van der Waals surface area contributed by atoms with Gasteiger partial charge in [0.1, 0.15) is 0 Å². The van der Waals surface area contributed by atoms with Gasteiger partial charge in [-0.25, -0.2) is 0 Å². The van der Waals surface area contributed by atoms with Crippen LogP contribution in [0.15, 0.2) is 35.9 Å². The van der Waals surface area contributed by atoms with Crippen molar-refractivity contribution in [1.29, 1.82) is 0 Å². The molecule has 0 saturated carbocycles.